The quantitative estimate of drug-likeness (QED) is 0.593. The summed E-state index contributed by atoms with van der Waals surface area (Å²) in [5, 5.41) is 3.43. The van der Waals surface area contributed by atoms with Gasteiger partial charge in [-0.1, -0.05) is 0 Å². The molecule has 0 aliphatic heterocycles. The van der Waals surface area contributed by atoms with E-state index in [0.29, 0.717) is 40.9 Å². The minimum absolute atomic E-state index is 0.287. The fourth-order valence-corrected chi connectivity index (χ4v) is 3.26. The number of aromatic amines is 1. The molecule has 0 aliphatic rings. The van der Waals surface area contributed by atoms with Gasteiger partial charge in [0.15, 0.2) is 11.5 Å². The van der Waals surface area contributed by atoms with Crippen LogP contribution in [0.1, 0.15) is 21.6 Å². The number of methoxy groups -OCH3 is 2. The minimum Gasteiger partial charge on any atom is -0.493 e. The van der Waals surface area contributed by atoms with Crippen molar-refractivity contribution in [2.45, 2.75) is 19.7 Å². The van der Waals surface area contributed by atoms with Gasteiger partial charge < -0.3 is 24.5 Å². The number of carbonyl (C=O) groups is 1. The average molecular weight is 422 g/mol. The van der Waals surface area contributed by atoms with E-state index in [0.717, 1.165) is 11.3 Å². The lowest BCUT2D eigenvalue weighted by molar-refractivity contribution is -0.274. The molecule has 0 atom stereocenters. The molecule has 6 nitrogen and oxygen atoms in total. The summed E-state index contributed by atoms with van der Waals surface area (Å²) in [7, 11) is 2.99. The van der Waals surface area contributed by atoms with Crippen molar-refractivity contribution in [1.82, 2.24) is 10.3 Å². The first-order valence-electron chi connectivity index (χ1n) is 9.09. The molecule has 0 radical (unpaired) electrons. The number of alkyl halides is 3. The lowest BCUT2D eigenvalue weighted by Gasteiger charge is -2.10. The zero-order valence-corrected chi connectivity index (χ0v) is 16.6. The number of hydrogen-bond acceptors (Lipinski definition) is 4. The van der Waals surface area contributed by atoms with E-state index in [1.165, 1.54) is 32.4 Å². The van der Waals surface area contributed by atoms with Crippen molar-refractivity contribution in [3.63, 3.8) is 0 Å². The van der Waals surface area contributed by atoms with E-state index in [4.69, 9.17) is 9.47 Å². The molecule has 0 saturated heterocycles. The molecular formula is C21H21F3N2O4. The van der Waals surface area contributed by atoms with Crippen molar-refractivity contribution in [2.75, 3.05) is 20.8 Å². The van der Waals surface area contributed by atoms with Gasteiger partial charge in [0.2, 0.25) is 0 Å². The van der Waals surface area contributed by atoms with Crippen molar-refractivity contribution in [3.8, 4) is 17.2 Å². The molecule has 1 aromatic heterocycles. The molecule has 0 saturated carbocycles. The van der Waals surface area contributed by atoms with E-state index in [1.54, 1.807) is 18.2 Å². The van der Waals surface area contributed by atoms with E-state index in [1.807, 2.05) is 6.92 Å². The number of nitrogens with one attached hydrogen (secondary N) is 2. The lowest BCUT2D eigenvalue weighted by Crippen LogP contribution is -2.25. The molecule has 1 heterocycles. The van der Waals surface area contributed by atoms with Gasteiger partial charge in [-0.05, 0) is 55.3 Å². The van der Waals surface area contributed by atoms with Crippen LogP contribution in [0, 0.1) is 6.92 Å². The molecule has 0 aliphatic carbocycles. The standard InChI is InChI=1S/C21H21F3N2O4/c1-12-15(16-11-14(30-21(22,23)24)5-6-17(16)26-12)8-9-25-20(27)13-4-7-18(28-2)19(10-13)29-3/h4-7,10-11,26H,8-9H2,1-3H3,(H,25,27). The summed E-state index contributed by atoms with van der Waals surface area (Å²) in [6.07, 6.45) is -4.33. The normalized spacial score (nSPS) is 11.4. The zero-order valence-electron chi connectivity index (χ0n) is 16.6. The zero-order chi connectivity index (χ0) is 21.9. The van der Waals surface area contributed by atoms with E-state index >= 15 is 0 Å². The molecule has 2 N–H and O–H groups in total. The predicted octanol–water partition coefficient (Wildman–Crippen LogP) is 4.36. The van der Waals surface area contributed by atoms with Crippen molar-refractivity contribution in [1.29, 1.82) is 0 Å². The number of hydrogen-bond donors (Lipinski definition) is 2. The van der Waals surface area contributed by atoms with E-state index in [9.17, 15) is 18.0 Å². The van der Waals surface area contributed by atoms with E-state index in [2.05, 4.69) is 15.0 Å². The summed E-state index contributed by atoms with van der Waals surface area (Å²) < 4.78 is 51.9. The summed E-state index contributed by atoms with van der Waals surface area (Å²) >= 11 is 0. The number of H-pyrrole nitrogens is 1. The Hall–Kier alpha value is -3.36. The largest absolute Gasteiger partial charge is 0.573 e. The van der Waals surface area contributed by atoms with Crippen LogP contribution in [0.25, 0.3) is 10.9 Å². The molecule has 160 valence electrons. The van der Waals surface area contributed by atoms with Gasteiger partial charge in [-0.25, -0.2) is 0 Å². The fraction of sp³-hybridized carbons (Fsp3) is 0.286. The Labute approximate surface area is 170 Å². The van der Waals surface area contributed by atoms with Crippen LogP contribution < -0.4 is 19.5 Å². The molecule has 0 bridgehead atoms. The van der Waals surface area contributed by atoms with Crippen molar-refractivity contribution >= 4 is 16.8 Å². The second-order valence-corrected chi connectivity index (χ2v) is 6.56. The number of rotatable bonds is 7. The number of ether oxygens (including phenoxy) is 3. The highest BCUT2D eigenvalue weighted by atomic mass is 19.4. The first-order valence-corrected chi connectivity index (χ1v) is 9.09. The summed E-state index contributed by atoms with van der Waals surface area (Å²) in [5.74, 6) is 0.370. The van der Waals surface area contributed by atoms with Crippen LogP contribution in [0.2, 0.25) is 0 Å². The van der Waals surface area contributed by atoms with Crippen LogP contribution in [0.4, 0.5) is 13.2 Å². The van der Waals surface area contributed by atoms with Crippen LogP contribution in [0.3, 0.4) is 0 Å². The number of amides is 1. The van der Waals surface area contributed by atoms with Gasteiger partial charge in [0.25, 0.3) is 5.91 Å². The molecule has 2 aromatic carbocycles. The number of halogens is 3. The van der Waals surface area contributed by atoms with Gasteiger partial charge in [0.1, 0.15) is 5.75 Å². The third kappa shape index (κ3) is 4.79. The number of aromatic nitrogens is 1. The monoisotopic (exact) mass is 422 g/mol. The average Bonchev–Trinajstić information content (AvgIpc) is 3.00. The maximum atomic E-state index is 12.5. The topological polar surface area (TPSA) is 72.6 Å². The molecule has 0 spiro atoms. The first kappa shape index (κ1) is 21.4. The summed E-state index contributed by atoms with van der Waals surface area (Å²) in [5.41, 5.74) is 2.73. The summed E-state index contributed by atoms with van der Waals surface area (Å²) in [4.78, 5) is 15.6. The summed E-state index contributed by atoms with van der Waals surface area (Å²) in [6, 6.07) is 8.97. The second kappa shape index (κ2) is 8.56. The van der Waals surface area contributed by atoms with Crippen LogP contribution in [0.5, 0.6) is 17.2 Å². The second-order valence-electron chi connectivity index (χ2n) is 6.56. The molecule has 3 aromatic rings. The molecule has 0 fully saturated rings. The fourth-order valence-electron chi connectivity index (χ4n) is 3.26. The van der Waals surface area contributed by atoms with Gasteiger partial charge in [0.05, 0.1) is 14.2 Å². The molecular weight excluding hydrogens is 401 g/mol. The maximum Gasteiger partial charge on any atom is 0.573 e. The van der Waals surface area contributed by atoms with Crippen molar-refractivity contribution < 1.29 is 32.2 Å². The molecule has 1 amide bonds. The SMILES string of the molecule is COc1ccc(C(=O)NCCc2c(C)[nH]c3ccc(OC(F)(F)F)cc23)cc1OC. The van der Waals surface area contributed by atoms with Crippen molar-refractivity contribution in [3.05, 3.63) is 53.2 Å². The Kier molecular flexibility index (Phi) is 6.09. The highest BCUT2D eigenvalue weighted by Gasteiger charge is 2.31. The third-order valence-electron chi connectivity index (χ3n) is 4.63. The van der Waals surface area contributed by atoms with Gasteiger partial charge in [-0.3, -0.25) is 4.79 Å². The van der Waals surface area contributed by atoms with Gasteiger partial charge in [-0.15, -0.1) is 13.2 Å². The molecule has 30 heavy (non-hydrogen) atoms. The van der Waals surface area contributed by atoms with Gasteiger partial charge >= 0.3 is 6.36 Å². The molecule has 0 unspecified atom stereocenters. The van der Waals surface area contributed by atoms with Crippen LogP contribution in [0.15, 0.2) is 36.4 Å². The third-order valence-corrected chi connectivity index (χ3v) is 4.63. The van der Waals surface area contributed by atoms with Crippen LogP contribution >= 0.6 is 0 Å². The number of aryl methyl sites for hydroxylation is 1. The van der Waals surface area contributed by atoms with Gasteiger partial charge in [0, 0.05) is 28.7 Å². The van der Waals surface area contributed by atoms with E-state index < -0.39 is 6.36 Å². The number of benzene rings is 2. The number of fused-ring (bicyclic) bond motifs is 1. The first-order chi connectivity index (χ1) is 14.2. The Morgan fingerprint density at radius 1 is 1.07 bits per heavy atom. The minimum atomic E-state index is -4.76. The Balaban J connectivity index is 1.71. The Morgan fingerprint density at radius 3 is 2.47 bits per heavy atom. The Morgan fingerprint density at radius 2 is 1.80 bits per heavy atom. The number of carbonyl (C=O) groups excluding carboxylic acids is 1. The van der Waals surface area contributed by atoms with Crippen molar-refractivity contribution in [2.24, 2.45) is 0 Å². The maximum absolute atomic E-state index is 12.5. The predicted molar refractivity (Wildman–Crippen MR) is 105 cm³/mol. The van der Waals surface area contributed by atoms with Crippen LogP contribution in [-0.4, -0.2) is 38.0 Å². The molecule has 9 heteroatoms. The lowest BCUT2D eigenvalue weighted by atomic mass is 10.1. The smallest absolute Gasteiger partial charge is 0.493 e. The molecule has 3 rings (SSSR count). The highest BCUT2D eigenvalue weighted by molar-refractivity contribution is 5.95. The van der Waals surface area contributed by atoms with E-state index in [-0.39, 0.29) is 11.7 Å². The highest BCUT2D eigenvalue weighted by Crippen LogP contribution is 2.30. The van der Waals surface area contributed by atoms with Gasteiger partial charge in [-0.2, -0.15) is 0 Å². The van der Waals surface area contributed by atoms with Crippen LogP contribution in [-0.2, 0) is 6.42 Å². The summed E-state index contributed by atoms with van der Waals surface area (Å²) in [6.45, 7) is 2.13. The Bertz CT molecular complexity index is 1060.